The zero-order valence-electron chi connectivity index (χ0n) is 14.6. The van der Waals surface area contributed by atoms with Crippen molar-refractivity contribution < 1.29 is 4.79 Å². The van der Waals surface area contributed by atoms with Crippen molar-refractivity contribution in [2.75, 3.05) is 13.1 Å². The van der Waals surface area contributed by atoms with E-state index in [1.165, 1.54) is 31.2 Å². The minimum Gasteiger partial charge on any atom is -0.339 e. The molecule has 0 radical (unpaired) electrons. The van der Waals surface area contributed by atoms with Crippen molar-refractivity contribution in [2.45, 2.75) is 65.0 Å². The standard InChI is InChI=1S/C20H30N2O/c1-20(2)11-5-6-18(14-20)21-15-16-7-9-17(10-8-16)19(23)22-12-3-4-13-22/h7-10,18,21H,3-6,11-15H2,1-2H3/t18-/m0/s1. The maximum Gasteiger partial charge on any atom is 0.253 e. The first kappa shape index (κ1) is 16.5. The molecular weight excluding hydrogens is 284 g/mol. The number of hydrogen-bond donors (Lipinski definition) is 1. The molecule has 2 aliphatic rings. The normalized spacial score (nSPS) is 23.9. The van der Waals surface area contributed by atoms with E-state index in [2.05, 4.69) is 31.3 Å². The second-order valence-corrected chi connectivity index (χ2v) is 8.03. The Balaban J connectivity index is 1.52. The lowest BCUT2D eigenvalue weighted by atomic mass is 9.75. The Bertz CT molecular complexity index is 529. The van der Waals surface area contributed by atoms with E-state index in [1.807, 2.05) is 17.0 Å². The van der Waals surface area contributed by atoms with Crippen molar-refractivity contribution in [1.29, 1.82) is 0 Å². The number of likely N-dealkylation sites (tertiary alicyclic amines) is 1. The van der Waals surface area contributed by atoms with Crippen molar-refractivity contribution in [3.05, 3.63) is 35.4 Å². The molecule has 23 heavy (non-hydrogen) atoms. The highest BCUT2D eigenvalue weighted by Crippen LogP contribution is 2.35. The van der Waals surface area contributed by atoms with Gasteiger partial charge in [0.2, 0.25) is 0 Å². The van der Waals surface area contributed by atoms with E-state index in [9.17, 15) is 4.79 Å². The third kappa shape index (κ3) is 4.35. The fourth-order valence-corrected chi connectivity index (χ4v) is 4.00. The molecule has 1 N–H and O–H groups in total. The zero-order valence-corrected chi connectivity index (χ0v) is 14.6. The van der Waals surface area contributed by atoms with E-state index in [0.29, 0.717) is 11.5 Å². The maximum atomic E-state index is 12.3. The first-order chi connectivity index (χ1) is 11.0. The Morgan fingerprint density at radius 2 is 1.87 bits per heavy atom. The summed E-state index contributed by atoms with van der Waals surface area (Å²) in [6.45, 7) is 7.48. The molecule has 1 heterocycles. The van der Waals surface area contributed by atoms with E-state index < -0.39 is 0 Å². The van der Waals surface area contributed by atoms with Gasteiger partial charge in [0.1, 0.15) is 0 Å². The van der Waals surface area contributed by atoms with Gasteiger partial charge in [-0.3, -0.25) is 4.79 Å². The van der Waals surface area contributed by atoms with E-state index in [0.717, 1.165) is 38.0 Å². The van der Waals surface area contributed by atoms with E-state index >= 15 is 0 Å². The van der Waals surface area contributed by atoms with Gasteiger partial charge in [-0.25, -0.2) is 0 Å². The largest absolute Gasteiger partial charge is 0.339 e. The maximum absolute atomic E-state index is 12.3. The van der Waals surface area contributed by atoms with Crippen LogP contribution in [-0.2, 0) is 6.54 Å². The van der Waals surface area contributed by atoms with Crippen LogP contribution in [0.4, 0.5) is 0 Å². The lowest BCUT2D eigenvalue weighted by molar-refractivity contribution is 0.0793. The number of amides is 1. The van der Waals surface area contributed by atoms with Crippen LogP contribution >= 0.6 is 0 Å². The van der Waals surface area contributed by atoms with Crippen LogP contribution in [0.15, 0.2) is 24.3 Å². The number of carbonyl (C=O) groups is 1. The van der Waals surface area contributed by atoms with Gasteiger partial charge in [-0.05, 0) is 55.2 Å². The zero-order chi connectivity index (χ0) is 16.3. The Kier molecular flexibility index (Phi) is 5.05. The summed E-state index contributed by atoms with van der Waals surface area (Å²) < 4.78 is 0. The molecule has 0 spiro atoms. The minimum atomic E-state index is 0.191. The molecule has 1 aliphatic heterocycles. The predicted molar refractivity (Wildman–Crippen MR) is 94.5 cm³/mol. The molecular formula is C20H30N2O. The average Bonchev–Trinajstić information content (AvgIpc) is 3.06. The SMILES string of the molecule is CC1(C)CCC[C@H](NCc2ccc(C(=O)N3CCCC3)cc2)C1. The minimum absolute atomic E-state index is 0.191. The Morgan fingerprint density at radius 3 is 2.52 bits per heavy atom. The van der Waals surface area contributed by atoms with Crippen molar-refractivity contribution in [1.82, 2.24) is 10.2 Å². The fourth-order valence-electron chi connectivity index (χ4n) is 4.00. The second-order valence-electron chi connectivity index (χ2n) is 8.03. The fraction of sp³-hybridized carbons (Fsp3) is 0.650. The van der Waals surface area contributed by atoms with Crippen molar-refractivity contribution in [2.24, 2.45) is 5.41 Å². The molecule has 1 aromatic rings. The summed E-state index contributed by atoms with van der Waals surface area (Å²) in [5.74, 6) is 0.191. The lowest BCUT2D eigenvalue weighted by Crippen LogP contribution is -2.36. The van der Waals surface area contributed by atoms with Crippen LogP contribution < -0.4 is 5.32 Å². The van der Waals surface area contributed by atoms with Gasteiger partial charge in [-0.2, -0.15) is 0 Å². The molecule has 1 saturated carbocycles. The van der Waals surface area contributed by atoms with Crippen molar-refractivity contribution >= 4 is 5.91 Å². The average molecular weight is 314 g/mol. The molecule has 3 heteroatoms. The molecule has 0 unspecified atom stereocenters. The van der Waals surface area contributed by atoms with Gasteiger partial charge in [-0.15, -0.1) is 0 Å². The summed E-state index contributed by atoms with van der Waals surface area (Å²) in [7, 11) is 0. The highest BCUT2D eigenvalue weighted by atomic mass is 16.2. The molecule has 2 fully saturated rings. The van der Waals surface area contributed by atoms with Crippen LogP contribution in [0.25, 0.3) is 0 Å². The van der Waals surface area contributed by atoms with Gasteiger partial charge in [0.05, 0.1) is 0 Å². The first-order valence-electron chi connectivity index (χ1n) is 9.15. The summed E-state index contributed by atoms with van der Waals surface area (Å²) in [5, 5.41) is 3.70. The monoisotopic (exact) mass is 314 g/mol. The molecule has 126 valence electrons. The second kappa shape index (κ2) is 7.04. The Labute approximate surface area is 140 Å². The van der Waals surface area contributed by atoms with Gasteiger partial charge in [0, 0.05) is 31.2 Å². The van der Waals surface area contributed by atoms with Crippen molar-refractivity contribution in [3.63, 3.8) is 0 Å². The number of nitrogens with one attached hydrogen (secondary N) is 1. The molecule has 1 amide bonds. The molecule has 1 aliphatic carbocycles. The molecule has 3 rings (SSSR count). The van der Waals surface area contributed by atoms with Crippen LogP contribution in [0.1, 0.15) is 68.3 Å². The molecule has 1 saturated heterocycles. The van der Waals surface area contributed by atoms with Gasteiger partial charge < -0.3 is 10.2 Å². The third-order valence-corrected chi connectivity index (χ3v) is 5.39. The number of rotatable bonds is 4. The summed E-state index contributed by atoms with van der Waals surface area (Å²) in [4.78, 5) is 14.3. The van der Waals surface area contributed by atoms with Crippen LogP contribution in [0.5, 0.6) is 0 Å². The molecule has 0 aromatic heterocycles. The van der Waals surface area contributed by atoms with Gasteiger partial charge in [-0.1, -0.05) is 32.4 Å². The molecule has 3 nitrogen and oxygen atoms in total. The van der Waals surface area contributed by atoms with Crippen LogP contribution in [0, 0.1) is 5.41 Å². The number of hydrogen-bond acceptors (Lipinski definition) is 2. The highest BCUT2D eigenvalue weighted by Gasteiger charge is 2.27. The van der Waals surface area contributed by atoms with Crippen LogP contribution in [0.3, 0.4) is 0 Å². The summed E-state index contributed by atoms with van der Waals surface area (Å²) in [6, 6.07) is 8.81. The molecule has 1 atom stereocenters. The lowest BCUT2D eigenvalue weighted by Gasteiger charge is -2.35. The van der Waals surface area contributed by atoms with E-state index in [-0.39, 0.29) is 5.91 Å². The predicted octanol–water partition coefficient (Wildman–Crippen LogP) is 3.98. The highest BCUT2D eigenvalue weighted by molar-refractivity contribution is 5.94. The van der Waals surface area contributed by atoms with Gasteiger partial charge in [0.15, 0.2) is 0 Å². The smallest absolute Gasteiger partial charge is 0.253 e. The van der Waals surface area contributed by atoms with Gasteiger partial charge in [0.25, 0.3) is 5.91 Å². The summed E-state index contributed by atoms with van der Waals surface area (Å²) in [6.07, 6.45) is 7.51. The van der Waals surface area contributed by atoms with E-state index in [1.54, 1.807) is 0 Å². The number of nitrogens with zero attached hydrogens (tertiary/aromatic N) is 1. The molecule has 0 bridgehead atoms. The van der Waals surface area contributed by atoms with Crippen LogP contribution in [0.2, 0.25) is 0 Å². The van der Waals surface area contributed by atoms with E-state index in [4.69, 9.17) is 0 Å². The summed E-state index contributed by atoms with van der Waals surface area (Å²) in [5.41, 5.74) is 2.57. The Morgan fingerprint density at radius 1 is 1.17 bits per heavy atom. The number of carbonyl (C=O) groups excluding carboxylic acids is 1. The van der Waals surface area contributed by atoms with Crippen LogP contribution in [-0.4, -0.2) is 29.9 Å². The first-order valence-corrected chi connectivity index (χ1v) is 9.15. The Hall–Kier alpha value is -1.35. The van der Waals surface area contributed by atoms with Gasteiger partial charge >= 0.3 is 0 Å². The summed E-state index contributed by atoms with van der Waals surface area (Å²) >= 11 is 0. The molecule has 1 aromatic carbocycles. The third-order valence-electron chi connectivity index (χ3n) is 5.39. The quantitative estimate of drug-likeness (QED) is 0.911. The van der Waals surface area contributed by atoms with Crippen molar-refractivity contribution in [3.8, 4) is 0 Å². The number of benzene rings is 1. The topological polar surface area (TPSA) is 32.3 Å².